The van der Waals surface area contributed by atoms with Crippen LogP contribution in [0.1, 0.15) is 0 Å². The molecule has 1 aromatic rings. The molecule has 1 nitrogen and oxygen atoms in total. The van der Waals surface area contributed by atoms with E-state index >= 15 is 0 Å². The molecule has 0 N–H and O–H groups in total. The molecule has 1 rings (SSSR count). The average Bonchev–Trinajstić information content (AvgIpc) is 2.07. The van der Waals surface area contributed by atoms with E-state index in [1.807, 2.05) is 36.4 Å². The van der Waals surface area contributed by atoms with Crippen LogP contribution in [0.5, 0.6) is 5.75 Å². The van der Waals surface area contributed by atoms with E-state index in [9.17, 15) is 0 Å². The van der Waals surface area contributed by atoms with Crippen LogP contribution in [0.25, 0.3) is 0 Å². The van der Waals surface area contributed by atoms with E-state index in [0.29, 0.717) is 6.61 Å². The Morgan fingerprint density at radius 3 is 2.64 bits per heavy atom. The summed E-state index contributed by atoms with van der Waals surface area (Å²) >= 11 is 3.16. The molecule has 0 spiro atoms. The molecule has 0 heterocycles. The average molecular weight is 213 g/mol. The lowest BCUT2D eigenvalue weighted by molar-refractivity contribution is 0.363. The zero-order valence-corrected chi connectivity index (χ0v) is 7.62. The molecule has 0 aliphatic rings. The summed E-state index contributed by atoms with van der Waals surface area (Å²) in [6.07, 6.45) is 1.90. The molecule has 0 unspecified atom stereocenters. The Bertz CT molecular complexity index is 218. The number of hydrogen-bond donors (Lipinski definition) is 0. The smallest absolute Gasteiger partial charge is 0.119 e. The van der Waals surface area contributed by atoms with Crippen molar-refractivity contribution in [2.75, 3.05) is 6.61 Å². The van der Waals surface area contributed by atoms with Gasteiger partial charge in [-0.25, -0.2) is 0 Å². The van der Waals surface area contributed by atoms with Crippen molar-refractivity contribution in [3.63, 3.8) is 0 Å². The zero-order chi connectivity index (χ0) is 7.94. The summed E-state index contributed by atoms with van der Waals surface area (Å²) < 4.78 is 5.33. The van der Waals surface area contributed by atoms with E-state index in [4.69, 9.17) is 4.74 Å². The second kappa shape index (κ2) is 4.97. The number of benzene rings is 1. The summed E-state index contributed by atoms with van der Waals surface area (Å²) in [5.74, 6) is 0.901. The van der Waals surface area contributed by atoms with Crippen molar-refractivity contribution in [2.24, 2.45) is 0 Å². The van der Waals surface area contributed by atoms with Crippen molar-refractivity contribution < 1.29 is 4.74 Å². The summed E-state index contributed by atoms with van der Waals surface area (Å²) in [5, 5.41) is 0. The number of halogens is 1. The molecule has 0 amide bonds. The maximum Gasteiger partial charge on any atom is 0.119 e. The summed E-state index contributed by atoms with van der Waals surface area (Å²) in [7, 11) is 0. The molecular weight excluding hydrogens is 204 g/mol. The van der Waals surface area contributed by atoms with Crippen LogP contribution in [0.3, 0.4) is 0 Å². The van der Waals surface area contributed by atoms with Crippen LogP contribution < -0.4 is 4.74 Å². The van der Waals surface area contributed by atoms with Gasteiger partial charge in [-0.05, 0) is 23.2 Å². The Morgan fingerprint density at radius 2 is 2.00 bits per heavy atom. The summed E-state index contributed by atoms with van der Waals surface area (Å²) in [5.41, 5.74) is 0. The quantitative estimate of drug-likeness (QED) is 0.749. The van der Waals surface area contributed by atoms with Crippen molar-refractivity contribution in [3.8, 4) is 5.75 Å². The van der Waals surface area contributed by atoms with E-state index < -0.39 is 0 Å². The Kier molecular flexibility index (Phi) is 3.76. The minimum Gasteiger partial charge on any atom is -0.490 e. The van der Waals surface area contributed by atoms with Gasteiger partial charge in [0.05, 0.1) is 0 Å². The predicted molar refractivity (Wildman–Crippen MR) is 50.0 cm³/mol. The van der Waals surface area contributed by atoms with Gasteiger partial charge in [-0.3, -0.25) is 0 Å². The highest BCUT2D eigenvalue weighted by Gasteiger charge is 1.85. The minimum absolute atomic E-state index is 0.606. The van der Waals surface area contributed by atoms with Gasteiger partial charge in [0.1, 0.15) is 12.4 Å². The lowest BCUT2D eigenvalue weighted by atomic mass is 10.3. The van der Waals surface area contributed by atoms with Crippen LogP contribution in [0.15, 0.2) is 41.4 Å². The lowest BCUT2D eigenvalue weighted by Gasteiger charge is -2.00. The molecule has 0 aromatic heterocycles. The number of para-hydroxylation sites is 1. The van der Waals surface area contributed by atoms with Crippen molar-refractivity contribution in [3.05, 3.63) is 41.4 Å². The first-order valence-electron chi connectivity index (χ1n) is 3.36. The van der Waals surface area contributed by atoms with Gasteiger partial charge < -0.3 is 4.74 Å². The van der Waals surface area contributed by atoms with Crippen LogP contribution >= 0.6 is 15.9 Å². The highest BCUT2D eigenvalue weighted by atomic mass is 79.9. The second-order valence-electron chi connectivity index (χ2n) is 1.99. The molecular formula is C9H9BrO. The third-order valence-electron chi connectivity index (χ3n) is 1.18. The predicted octanol–water partition coefficient (Wildman–Crippen LogP) is 2.97. The molecule has 2 heteroatoms. The third kappa shape index (κ3) is 3.23. The second-order valence-corrected chi connectivity index (χ2v) is 2.51. The monoisotopic (exact) mass is 212 g/mol. The van der Waals surface area contributed by atoms with Crippen LogP contribution in [-0.4, -0.2) is 6.61 Å². The molecule has 0 bridgehead atoms. The van der Waals surface area contributed by atoms with E-state index in [2.05, 4.69) is 15.9 Å². The van der Waals surface area contributed by atoms with Crippen LogP contribution in [0.4, 0.5) is 0 Å². The van der Waals surface area contributed by atoms with Gasteiger partial charge in [0.15, 0.2) is 0 Å². The molecule has 58 valence electrons. The molecule has 0 aliphatic heterocycles. The number of rotatable bonds is 3. The fourth-order valence-corrected chi connectivity index (χ4v) is 0.850. The first-order valence-corrected chi connectivity index (χ1v) is 4.28. The Balaban J connectivity index is 2.39. The van der Waals surface area contributed by atoms with Crippen LogP contribution in [-0.2, 0) is 0 Å². The standard InChI is InChI=1S/C9H9BrO/c10-7-4-8-11-9-5-2-1-3-6-9/h1-7H,8H2/b7-4+. The van der Waals surface area contributed by atoms with Crippen molar-refractivity contribution in [2.45, 2.75) is 0 Å². The normalized spacial score (nSPS) is 10.3. The molecule has 0 radical (unpaired) electrons. The summed E-state index contributed by atoms with van der Waals surface area (Å²) in [4.78, 5) is 1.79. The maximum absolute atomic E-state index is 5.33. The van der Waals surface area contributed by atoms with Crippen molar-refractivity contribution >= 4 is 15.9 Å². The van der Waals surface area contributed by atoms with Gasteiger partial charge >= 0.3 is 0 Å². The fraction of sp³-hybridized carbons (Fsp3) is 0.111. The minimum atomic E-state index is 0.606. The molecule has 11 heavy (non-hydrogen) atoms. The third-order valence-corrected chi connectivity index (χ3v) is 1.55. The topological polar surface area (TPSA) is 9.23 Å². The van der Waals surface area contributed by atoms with E-state index in [0.717, 1.165) is 5.75 Å². The van der Waals surface area contributed by atoms with Gasteiger partial charge in [0.2, 0.25) is 0 Å². The Hall–Kier alpha value is -0.760. The zero-order valence-electron chi connectivity index (χ0n) is 6.03. The largest absolute Gasteiger partial charge is 0.490 e. The van der Waals surface area contributed by atoms with E-state index in [1.54, 1.807) is 4.99 Å². The first-order chi connectivity index (χ1) is 5.43. The van der Waals surface area contributed by atoms with Gasteiger partial charge in [-0.15, -0.1) is 0 Å². The molecule has 0 fully saturated rings. The molecule has 0 saturated carbocycles. The van der Waals surface area contributed by atoms with Crippen LogP contribution in [0, 0.1) is 0 Å². The lowest BCUT2D eigenvalue weighted by Crippen LogP contribution is -1.91. The SMILES string of the molecule is Br/C=C/COc1ccccc1. The highest BCUT2D eigenvalue weighted by molar-refractivity contribution is 9.11. The molecule has 0 aliphatic carbocycles. The van der Waals surface area contributed by atoms with Crippen molar-refractivity contribution in [1.82, 2.24) is 0 Å². The summed E-state index contributed by atoms with van der Waals surface area (Å²) in [6, 6.07) is 9.73. The number of ether oxygens (including phenoxy) is 1. The fourth-order valence-electron chi connectivity index (χ4n) is 0.697. The van der Waals surface area contributed by atoms with Gasteiger partial charge in [-0.2, -0.15) is 0 Å². The first kappa shape index (κ1) is 8.34. The van der Waals surface area contributed by atoms with E-state index in [-0.39, 0.29) is 0 Å². The van der Waals surface area contributed by atoms with Gasteiger partial charge in [0, 0.05) is 0 Å². The Morgan fingerprint density at radius 1 is 1.27 bits per heavy atom. The van der Waals surface area contributed by atoms with E-state index in [1.165, 1.54) is 0 Å². The van der Waals surface area contributed by atoms with Crippen molar-refractivity contribution in [1.29, 1.82) is 0 Å². The highest BCUT2D eigenvalue weighted by Crippen LogP contribution is 2.07. The number of hydrogen-bond acceptors (Lipinski definition) is 1. The summed E-state index contributed by atoms with van der Waals surface area (Å²) in [6.45, 7) is 0.606. The van der Waals surface area contributed by atoms with Crippen LogP contribution in [0.2, 0.25) is 0 Å². The molecule has 1 aromatic carbocycles. The molecule has 0 saturated heterocycles. The van der Waals surface area contributed by atoms with Gasteiger partial charge in [-0.1, -0.05) is 34.1 Å². The maximum atomic E-state index is 5.33. The van der Waals surface area contributed by atoms with Gasteiger partial charge in [0.25, 0.3) is 0 Å². The Labute approximate surface area is 74.8 Å². The molecule has 0 atom stereocenters.